The molecule has 3 aliphatic heterocycles. The predicted molar refractivity (Wildman–Crippen MR) is 80.3 cm³/mol. The van der Waals surface area contributed by atoms with Gasteiger partial charge in [-0.2, -0.15) is 11.8 Å². The Balaban J connectivity index is 1.60. The van der Waals surface area contributed by atoms with Gasteiger partial charge in [0.2, 0.25) is 0 Å². The molecule has 0 spiro atoms. The third-order valence-electron chi connectivity index (χ3n) is 5.09. The Hall–Kier alpha value is 0.270. The first-order valence-electron chi connectivity index (χ1n) is 7.96. The molecule has 3 atom stereocenters. The molecule has 0 N–H and O–H groups in total. The second-order valence-electron chi connectivity index (χ2n) is 6.30. The van der Waals surface area contributed by atoms with Crippen LogP contribution in [0.15, 0.2) is 0 Å². The van der Waals surface area contributed by atoms with Crippen LogP contribution in [0.1, 0.15) is 45.4 Å². The number of hydrogen-bond acceptors (Lipinski definition) is 3. The molecule has 0 aliphatic carbocycles. The zero-order valence-electron chi connectivity index (χ0n) is 11.8. The Morgan fingerprint density at radius 2 is 2.06 bits per heavy atom. The summed E-state index contributed by atoms with van der Waals surface area (Å²) in [6.07, 6.45) is 8.60. The first kappa shape index (κ1) is 13.3. The fraction of sp³-hybridized carbons (Fsp3) is 1.00. The van der Waals surface area contributed by atoms with Crippen LogP contribution in [0, 0.1) is 0 Å². The Bertz CT molecular complexity index is 265. The van der Waals surface area contributed by atoms with E-state index in [1.54, 1.807) is 0 Å². The van der Waals surface area contributed by atoms with Gasteiger partial charge in [0, 0.05) is 37.0 Å². The molecule has 3 heteroatoms. The number of piperazine rings is 1. The fourth-order valence-corrected chi connectivity index (χ4v) is 5.27. The molecule has 3 fully saturated rings. The van der Waals surface area contributed by atoms with Gasteiger partial charge in [0.15, 0.2) is 0 Å². The molecule has 0 aromatic carbocycles. The van der Waals surface area contributed by atoms with E-state index in [4.69, 9.17) is 0 Å². The van der Waals surface area contributed by atoms with E-state index >= 15 is 0 Å². The minimum absolute atomic E-state index is 0.834. The van der Waals surface area contributed by atoms with E-state index in [-0.39, 0.29) is 0 Å². The molecule has 0 aromatic heterocycles. The maximum absolute atomic E-state index is 2.84. The van der Waals surface area contributed by atoms with Crippen molar-refractivity contribution in [3.05, 3.63) is 0 Å². The van der Waals surface area contributed by atoms with E-state index in [9.17, 15) is 0 Å². The predicted octanol–water partition coefficient (Wildman–Crippen LogP) is 2.83. The molecule has 104 valence electrons. The minimum Gasteiger partial charge on any atom is -0.298 e. The van der Waals surface area contributed by atoms with Crippen LogP contribution in [0.4, 0.5) is 0 Å². The molecule has 2 nitrogen and oxygen atoms in total. The van der Waals surface area contributed by atoms with Gasteiger partial charge in [-0.05, 0) is 44.4 Å². The van der Waals surface area contributed by atoms with Gasteiger partial charge in [-0.15, -0.1) is 0 Å². The van der Waals surface area contributed by atoms with Crippen LogP contribution in [-0.2, 0) is 0 Å². The summed E-state index contributed by atoms with van der Waals surface area (Å²) in [6.45, 7) is 7.82. The van der Waals surface area contributed by atoms with Crippen LogP contribution in [0.25, 0.3) is 0 Å². The van der Waals surface area contributed by atoms with Gasteiger partial charge in [-0.1, -0.05) is 13.3 Å². The quantitative estimate of drug-likeness (QED) is 0.777. The third kappa shape index (κ3) is 2.88. The van der Waals surface area contributed by atoms with Crippen molar-refractivity contribution >= 4 is 11.8 Å². The zero-order valence-corrected chi connectivity index (χ0v) is 12.6. The van der Waals surface area contributed by atoms with Crippen molar-refractivity contribution < 1.29 is 0 Å². The fourth-order valence-electron chi connectivity index (χ4n) is 3.97. The van der Waals surface area contributed by atoms with E-state index < -0.39 is 0 Å². The lowest BCUT2D eigenvalue weighted by atomic mass is 9.95. The van der Waals surface area contributed by atoms with E-state index in [0.29, 0.717) is 0 Å². The second kappa shape index (κ2) is 6.15. The lowest BCUT2D eigenvalue weighted by Crippen LogP contribution is -2.60. The van der Waals surface area contributed by atoms with Gasteiger partial charge >= 0.3 is 0 Å². The molecule has 0 radical (unpaired) electrons. The highest BCUT2D eigenvalue weighted by molar-refractivity contribution is 8.00. The molecule has 3 heterocycles. The first-order chi connectivity index (χ1) is 8.86. The molecule has 0 amide bonds. The molecule has 3 saturated heterocycles. The van der Waals surface area contributed by atoms with Crippen molar-refractivity contribution in [2.75, 3.05) is 31.9 Å². The molecule has 0 saturated carbocycles. The van der Waals surface area contributed by atoms with Crippen molar-refractivity contribution in [1.82, 2.24) is 9.80 Å². The van der Waals surface area contributed by atoms with Gasteiger partial charge in [-0.25, -0.2) is 0 Å². The summed E-state index contributed by atoms with van der Waals surface area (Å²) < 4.78 is 0. The average Bonchev–Trinajstić information content (AvgIpc) is 2.91. The standard InChI is InChI=1S/C15H28N2S/c1-2-13-10-16-8-4-3-6-14(16)11-17(13)12-15-7-5-9-18-15/h13-15H,2-12H2,1H3. The number of fused-ring (bicyclic) bond motifs is 1. The highest BCUT2D eigenvalue weighted by atomic mass is 32.2. The zero-order chi connectivity index (χ0) is 12.4. The number of hydrogen-bond donors (Lipinski definition) is 0. The molecular formula is C15H28N2S. The Morgan fingerprint density at radius 3 is 2.83 bits per heavy atom. The highest BCUT2D eigenvalue weighted by Crippen LogP contribution is 2.30. The van der Waals surface area contributed by atoms with Crippen molar-refractivity contribution in [3.8, 4) is 0 Å². The van der Waals surface area contributed by atoms with E-state index in [0.717, 1.165) is 17.3 Å². The number of nitrogens with zero attached hydrogens (tertiary/aromatic N) is 2. The molecular weight excluding hydrogens is 240 g/mol. The largest absolute Gasteiger partial charge is 0.298 e. The summed E-state index contributed by atoms with van der Waals surface area (Å²) in [7, 11) is 0. The number of thioether (sulfide) groups is 1. The topological polar surface area (TPSA) is 6.48 Å². The minimum atomic E-state index is 0.834. The number of rotatable bonds is 3. The lowest BCUT2D eigenvalue weighted by Gasteiger charge is -2.49. The molecule has 3 unspecified atom stereocenters. The summed E-state index contributed by atoms with van der Waals surface area (Å²) in [5.41, 5.74) is 0. The summed E-state index contributed by atoms with van der Waals surface area (Å²) in [5.74, 6) is 1.41. The molecule has 3 rings (SSSR count). The second-order valence-corrected chi connectivity index (χ2v) is 7.70. The van der Waals surface area contributed by atoms with Crippen molar-refractivity contribution in [2.45, 2.75) is 62.8 Å². The van der Waals surface area contributed by atoms with Gasteiger partial charge in [0.05, 0.1) is 0 Å². The normalized spacial score (nSPS) is 38.8. The smallest absolute Gasteiger partial charge is 0.0223 e. The maximum Gasteiger partial charge on any atom is 0.0223 e. The Kier molecular flexibility index (Phi) is 4.53. The van der Waals surface area contributed by atoms with E-state index in [1.807, 2.05) is 0 Å². The van der Waals surface area contributed by atoms with Crippen LogP contribution >= 0.6 is 11.8 Å². The summed E-state index contributed by atoms with van der Waals surface area (Å²) in [5, 5.41) is 0.939. The Morgan fingerprint density at radius 1 is 1.11 bits per heavy atom. The summed E-state index contributed by atoms with van der Waals surface area (Å²) in [4.78, 5) is 5.63. The van der Waals surface area contributed by atoms with Crippen LogP contribution in [0.5, 0.6) is 0 Å². The summed E-state index contributed by atoms with van der Waals surface area (Å²) >= 11 is 2.22. The van der Waals surface area contributed by atoms with Crippen LogP contribution in [0.3, 0.4) is 0 Å². The van der Waals surface area contributed by atoms with Gasteiger partial charge in [0.25, 0.3) is 0 Å². The molecule has 18 heavy (non-hydrogen) atoms. The first-order valence-corrected chi connectivity index (χ1v) is 9.01. The van der Waals surface area contributed by atoms with Gasteiger partial charge in [-0.3, -0.25) is 9.80 Å². The van der Waals surface area contributed by atoms with Crippen LogP contribution in [-0.4, -0.2) is 59.1 Å². The SMILES string of the molecule is CCC1CN2CCCCC2CN1CC1CCCS1. The summed E-state index contributed by atoms with van der Waals surface area (Å²) in [6, 6.07) is 1.72. The monoisotopic (exact) mass is 268 g/mol. The highest BCUT2D eigenvalue weighted by Gasteiger charge is 2.35. The van der Waals surface area contributed by atoms with Gasteiger partial charge in [0.1, 0.15) is 0 Å². The van der Waals surface area contributed by atoms with Crippen molar-refractivity contribution in [3.63, 3.8) is 0 Å². The molecule has 3 aliphatic rings. The maximum atomic E-state index is 2.84. The van der Waals surface area contributed by atoms with Gasteiger partial charge < -0.3 is 0 Å². The van der Waals surface area contributed by atoms with Crippen LogP contribution in [0.2, 0.25) is 0 Å². The Labute approximate surface area is 116 Å². The molecule has 0 aromatic rings. The average molecular weight is 268 g/mol. The third-order valence-corrected chi connectivity index (χ3v) is 6.47. The number of piperidine rings is 1. The van der Waals surface area contributed by atoms with E-state index in [2.05, 4.69) is 28.5 Å². The van der Waals surface area contributed by atoms with Crippen molar-refractivity contribution in [1.29, 1.82) is 0 Å². The van der Waals surface area contributed by atoms with Crippen LogP contribution < -0.4 is 0 Å². The molecule has 0 bridgehead atoms. The van der Waals surface area contributed by atoms with Crippen molar-refractivity contribution in [2.24, 2.45) is 0 Å². The lowest BCUT2D eigenvalue weighted by molar-refractivity contribution is 0.00793. The van der Waals surface area contributed by atoms with E-state index in [1.165, 1.54) is 70.5 Å².